The standard InChI is InChI=1S/C24H30N2O3/c1-17-9-10-20(15-18(17)2)21(19-7-5-4-6-8-19)22(28-3)26-13-11-24(12-14-26)16-25-23(27)29-24/h4-10,15,21-22H,11-14,16H2,1-3H3,(H,25,27). The van der Waals surface area contributed by atoms with Crippen molar-refractivity contribution in [1.29, 1.82) is 0 Å². The summed E-state index contributed by atoms with van der Waals surface area (Å²) in [6.45, 7) is 6.58. The van der Waals surface area contributed by atoms with Gasteiger partial charge in [0.2, 0.25) is 0 Å². The van der Waals surface area contributed by atoms with Crippen LogP contribution in [0.4, 0.5) is 4.79 Å². The predicted molar refractivity (Wildman–Crippen MR) is 113 cm³/mol. The number of alkyl carbamates (subject to hydrolysis) is 1. The average Bonchev–Trinajstić information content (AvgIpc) is 3.10. The van der Waals surface area contributed by atoms with Crippen molar-refractivity contribution >= 4 is 6.09 Å². The van der Waals surface area contributed by atoms with Crippen LogP contribution in [0.3, 0.4) is 0 Å². The zero-order valence-corrected chi connectivity index (χ0v) is 17.5. The predicted octanol–water partition coefficient (Wildman–Crippen LogP) is 3.98. The monoisotopic (exact) mass is 394 g/mol. The number of likely N-dealkylation sites (tertiary alicyclic amines) is 1. The minimum atomic E-state index is -0.353. The van der Waals surface area contributed by atoms with Crippen LogP contribution in [-0.2, 0) is 9.47 Å². The van der Waals surface area contributed by atoms with Crippen LogP contribution in [0.1, 0.15) is 41.0 Å². The maximum absolute atomic E-state index is 11.6. The Balaban J connectivity index is 1.62. The third-order valence-corrected chi connectivity index (χ3v) is 6.51. The van der Waals surface area contributed by atoms with Crippen LogP contribution in [-0.4, -0.2) is 49.6 Å². The Hall–Kier alpha value is -2.37. The number of benzene rings is 2. The lowest BCUT2D eigenvalue weighted by Crippen LogP contribution is -2.52. The fraction of sp³-hybridized carbons (Fsp3) is 0.458. The average molecular weight is 395 g/mol. The fourth-order valence-corrected chi connectivity index (χ4v) is 4.60. The van der Waals surface area contributed by atoms with Crippen LogP contribution in [0.25, 0.3) is 0 Å². The third-order valence-electron chi connectivity index (χ3n) is 6.51. The number of piperidine rings is 1. The van der Waals surface area contributed by atoms with Crippen molar-refractivity contribution in [3.8, 4) is 0 Å². The smallest absolute Gasteiger partial charge is 0.407 e. The van der Waals surface area contributed by atoms with Crippen LogP contribution in [0.2, 0.25) is 0 Å². The summed E-state index contributed by atoms with van der Waals surface area (Å²) in [5.74, 6) is 0.110. The van der Waals surface area contributed by atoms with Crippen molar-refractivity contribution in [3.05, 3.63) is 70.8 Å². The van der Waals surface area contributed by atoms with Gasteiger partial charge in [-0.1, -0.05) is 48.5 Å². The summed E-state index contributed by atoms with van der Waals surface area (Å²) in [4.78, 5) is 13.9. The molecule has 0 saturated carbocycles. The summed E-state index contributed by atoms with van der Waals surface area (Å²) in [6, 6.07) is 17.3. The van der Waals surface area contributed by atoms with Crippen LogP contribution in [0.5, 0.6) is 0 Å². The van der Waals surface area contributed by atoms with E-state index in [1.54, 1.807) is 7.11 Å². The minimum Gasteiger partial charge on any atom is -0.441 e. The molecule has 29 heavy (non-hydrogen) atoms. The summed E-state index contributed by atoms with van der Waals surface area (Å²) in [6.07, 6.45) is 1.26. The van der Waals surface area contributed by atoms with Gasteiger partial charge in [0.1, 0.15) is 11.8 Å². The molecule has 2 aliphatic heterocycles. The third kappa shape index (κ3) is 4.02. The van der Waals surface area contributed by atoms with Crippen molar-refractivity contribution in [2.45, 2.75) is 44.4 Å². The SMILES string of the molecule is COC(C(c1ccccc1)c1ccc(C)c(C)c1)N1CCC2(CC1)CNC(=O)O2. The van der Waals surface area contributed by atoms with Gasteiger partial charge in [-0.3, -0.25) is 4.90 Å². The molecule has 1 amide bonds. The summed E-state index contributed by atoms with van der Waals surface area (Å²) in [7, 11) is 1.79. The van der Waals surface area contributed by atoms with E-state index < -0.39 is 0 Å². The number of carbonyl (C=O) groups is 1. The molecule has 2 fully saturated rings. The molecule has 2 unspecified atom stereocenters. The van der Waals surface area contributed by atoms with Crippen LogP contribution < -0.4 is 5.32 Å². The lowest BCUT2D eigenvalue weighted by molar-refractivity contribution is -0.0847. The number of hydrogen-bond acceptors (Lipinski definition) is 4. The summed E-state index contributed by atoms with van der Waals surface area (Å²) >= 11 is 0. The second-order valence-electron chi connectivity index (χ2n) is 8.32. The van der Waals surface area contributed by atoms with Gasteiger partial charge >= 0.3 is 6.09 Å². The summed E-state index contributed by atoms with van der Waals surface area (Å²) in [5.41, 5.74) is 4.75. The molecule has 2 atom stereocenters. The van der Waals surface area contributed by atoms with E-state index in [-0.39, 0.29) is 23.8 Å². The highest BCUT2D eigenvalue weighted by molar-refractivity contribution is 5.70. The van der Waals surface area contributed by atoms with E-state index >= 15 is 0 Å². The second kappa shape index (κ2) is 8.17. The van der Waals surface area contributed by atoms with Crippen LogP contribution in [0, 0.1) is 13.8 Å². The molecule has 5 heteroatoms. The fourth-order valence-electron chi connectivity index (χ4n) is 4.60. The number of rotatable bonds is 5. The molecule has 4 rings (SSSR count). The largest absolute Gasteiger partial charge is 0.441 e. The number of ether oxygens (including phenoxy) is 2. The first-order chi connectivity index (χ1) is 14.0. The van der Waals surface area contributed by atoms with Crippen molar-refractivity contribution in [2.75, 3.05) is 26.7 Å². The normalized spacial score (nSPS) is 20.9. The molecule has 0 bridgehead atoms. The zero-order chi connectivity index (χ0) is 20.4. The van der Waals surface area contributed by atoms with E-state index in [1.165, 1.54) is 22.3 Å². The van der Waals surface area contributed by atoms with E-state index in [4.69, 9.17) is 9.47 Å². The zero-order valence-electron chi connectivity index (χ0n) is 17.5. The first-order valence-electron chi connectivity index (χ1n) is 10.4. The van der Waals surface area contributed by atoms with Gasteiger partial charge in [0.05, 0.1) is 6.54 Å². The molecule has 154 valence electrons. The molecule has 2 heterocycles. The van der Waals surface area contributed by atoms with E-state index in [0.717, 1.165) is 25.9 Å². The second-order valence-corrected chi connectivity index (χ2v) is 8.32. The van der Waals surface area contributed by atoms with Gasteiger partial charge < -0.3 is 14.8 Å². The minimum absolute atomic E-state index is 0.0816. The number of hydrogen-bond donors (Lipinski definition) is 1. The maximum atomic E-state index is 11.6. The lowest BCUT2D eigenvalue weighted by Gasteiger charge is -2.43. The highest BCUT2D eigenvalue weighted by atomic mass is 16.6. The first-order valence-corrected chi connectivity index (χ1v) is 10.4. The summed E-state index contributed by atoms with van der Waals surface area (Å²) in [5, 5.41) is 2.81. The van der Waals surface area contributed by atoms with E-state index in [9.17, 15) is 4.79 Å². The van der Waals surface area contributed by atoms with Gasteiger partial charge in [0.25, 0.3) is 0 Å². The maximum Gasteiger partial charge on any atom is 0.407 e. The Morgan fingerprint density at radius 3 is 2.34 bits per heavy atom. The molecule has 2 aliphatic rings. The molecule has 0 aromatic heterocycles. The molecular formula is C24H30N2O3. The molecule has 1 N–H and O–H groups in total. The molecule has 1 spiro atoms. The topological polar surface area (TPSA) is 50.8 Å². The van der Waals surface area contributed by atoms with Crippen LogP contribution >= 0.6 is 0 Å². The van der Waals surface area contributed by atoms with Crippen molar-refractivity contribution < 1.29 is 14.3 Å². The number of methoxy groups -OCH3 is 1. The number of carbonyl (C=O) groups excluding carboxylic acids is 1. The molecule has 5 nitrogen and oxygen atoms in total. The Labute approximate surface area is 173 Å². The summed E-state index contributed by atoms with van der Waals surface area (Å²) < 4.78 is 11.7. The van der Waals surface area contributed by atoms with Gasteiger partial charge in [-0.15, -0.1) is 0 Å². The van der Waals surface area contributed by atoms with Crippen molar-refractivity contribution in [2.24, 2.45) is 0 Å². The highest BCUT2D eigenvalue weighted by Gasteiger charge is 2.45. The van der Waals surface area contributed by atoms with Gasteiger partial charge in [-0.2, -0.15) is 0 Å². The van der Waals surface area contributed by atoms with E-state index in [2.05, 4.69) is 72.6 Å². The molecule has 0 radical (unpaired) electrons. The Bertz CT molecular complexity index is 860. The van der Waals surface area contributed by atoms with Gasteiger partial charge in [-0.25, -0.2) is 4.79 Å². The Morgan fingerprint density at radius 1 is 1.03 bits per heavy atom. The lowest BCUT2D eigenvalue weighted by atomic mass is 9.85. The van der Waals surface area contributed by atoms with Gasteiger partial charge in [-0.05, 0) is 36.1 Å². The quantitative estimate of drug-likeness (QED) is 0.833. The highest BCUT2D eigenvalue weighted by Crippen LogP contribution is 2.36. The van der Waals surface area contributed by atoms with Gasteiger partial charge in [0.15, 0.2) is 0 Å². The molecule has 2 aromatic rings. The van der Waals surface area contributed by atoms with E-state index in [1.807, 2.05) is 0 Å². The Kier molecular flexibility index (Phi) is 5.61. The number of aryl methyl sites for hydroxylation is 2. The number of nitrogens with zero attached hydrogens (tertiary/aromatic N) is 1. The van der Waals surface area contributed by atoms with E-state index in [0.29, 0.717) is 6.54 Å². The number of nitrogens with one attached hydrogen (secondary N) is 1. The van der Waals surface area contributed by atoms with Crippen molar-refractivity contribution in [3.63, 3.8) is 0 Å². The Morgan fingerprint density at radius 2 is 1.76 bits per heavy atom. The molecule has 0 aliphatic carbocycles. The number of amides is 1. The molecule has 2 saturated heterocycles. The molecular weight excluding hydrogens is 364 g/mol. The van der Waals surface area contributed by atoms with Crippen molar-refractivity contribution in [1.82, 2.24) is 10.2 Å². The molecule has 2 aromatic carbocycles. The van der Waals surface area contributed by atoms with Crippen LogP contribution in [0.15, 0.2) is 48.5 Å². The first kappa shape index (κ1) is 19.9. The van der Waals surface area contributed by atoms with Gasteiger partial charge in [0, 0.05) is 39.0 Å².